The highest BCUT2D eigenvalue weighted by Gasteiger charge is 2.26. The minimum atomic E-state index is -0.716. The van der Waals surface area contributed by atoms with Crippen molar-refractivity contribution in [3.05, 3.63) is 47.7 Å². The van der Waals surface area contributed by atoms with E-state index in [1.54, 1.807) is 0 Å². The number of allylic oxidation sites excluding steroid dienone is 4. The van der Waals surface area contributed by atoms with Gasteiger partial charge in [-0.2, -0.15) is 0 Å². The fraction of sp³-hybridized carbons (Fsp3) is 0.375. The van der Waals surface area contributed by atoms with Gasteiger partial charge in [-0.05, 0) is 37.8 Å². The van der Waals surface area contributed by atoms with Crippen LogP contribution in [0.5, 0.6) is 0 Å². The maximum Gasteiger partial charge on any atom is 0.381 e. The molecule has 3 rings (SSSR count). The zero-order valence-electron chi connectivity index (χ0n) is 12.0. The highest BCUT2D eigenvalue weighted by Crippen LogP contribution is 2.29. The summed E-state index contributed by atoms with van der Waals surface area (Å²) >= 11 is 0. The fourth-order valence-electron chi connectivity index (χ4n) is 2.30. The molecule has 2 aliphatic carbocycles. The second-order valence-corrected chi connectivity index (χ2v) is 5.08. The Labute approximate surface area is 127 Å². The molecule has 1 aliphatic heterocycles. The van der Waals surface area contributed by atoms with Crippen molar-refractivity contribution in [2.75, 3.05) is 0 Å². The van der Waals surface area contributed by atoms with Crippen LogP contribution in [-0.4, -0.2) is 11.9 Å². The summed E-state index contributed by atoms with van der Waals surface area (Å²) in [6.45, 7) is 0. The zero-order valence-corrected chi connectivity index (χ0v) is 12.0. The summed E-state index contributed by atoms with van der Waals surface area (Å²) < 4.78 is 21.3. The smallest absolute Gasteiger partial charge is 0.381 e. The molecular formula is C16H16O6. The van der Waals surface area contributed by atoms with E-state index in [1.165, 1.54) is 0 Å². The molecule has 22 heavy (non-hydrogen) atoms. The topological polar surface area (TPSA) is 71.1 Å². The fourth-order valence-corrected chi connectivity index (χ4v) is 2.30. The summed E-state index contributed by atoms with van der Waals surface area (Å²) in [7, 11) is 0. The predicted molar refractivity (Wildman–Crippen MR) is 74.4 cm³/mol. The normalized spacial score (nSPS) is 20.8. The van der Waals surface area contributed by atoms with Crippen molar-refractivity contribution in [1.82, 2.24) is 0 Å². The van der Waals surface area contributed by atoms with Gasteiger partial charge in [0.2, 0.25) is 0 Å². The molecule has 0 saturated heterocycles. The summed E-state index contributed by atoms with van der Waals surface area (Å²) in [6.07, 6.45) is 11.2. The maximum absolute atomic E-state index is 11.5. The SMILES string of the molecule is O=C1C=CC(=O)OC(=C(OC2=CCCC2)OC2=CCCC2)O1. The third-order valence-corrected chi connectivity index (χ3v) is 3.35. The number of carbonyl (C=O) groups is 2. The standard InChI is InChI=1S/C16H16O6/c17-13-9-10-14(18)22-16(21-13)15(19-11-5-1-2-6-11)20-12-7-3-4-8-12/h5,7,9-10H,1-4,6,8H2. The van der Waals surface area contributed by atoms with E-state index in [-0.39, 0.29) is 11.9 Å². The molecule has 0 spiro atoms. The third kappa shape index (κ3) is 3.58. The Balaban J connectivity index is 1.85. The van der Waals surface area contributed by atoms with E-state index in [2.05, 4.69) is 0 Å². The van der Waals surface area contributed by atoms with E-state index in [0.717, 1.165) is 50.7 Å². The van der Waals surface area contributed by atoms with E-state index in [0.29, 0.717) is 11.5 Å². The molecule has 3 aliphatic rings. The summed E-state index contributed by atoms with van der Waals surface area (Å²) in [5.74, 6) is -0.471. The highest BCUT2D eigenvalue weighted by molar-refractivity contribution is 5.93. The van der Waals surface area contributed by atoms with Gasteiger partial charge in [0, 0.05) is 25.0 Å². The average molecular weight is 304 g/mol. The van der Waals surface area contributed by atoms with E-state index < -0.39 is 11.9 Å². The monoisotopic (exact) mass is 304 g/mol. The van der Waals surface area contributed by atoms with Crippen molar-refractivity contribution in [3.8, 4) is 0 Å². The molecule has 6 heteroatoms. The van der Waals surface area contributed by atoms with E-state index >= 15 is 0 Å². The number of ether oxygens (including phenoxy) is 4. The molecule has 0 atom stereocenters. The van der Waals surface area contributed by atoms with Crippen LogP contribution in [0.4, 0.5) is 0 Å². The summed E-state index contributed by atoms with van der Waals surface area (Å²) in [5, 5.41) is 0. The highest BCUT2D eigenvalue weighted by atomic mass is 16.8. The van der Waals surface area contributed by atoms with Crippen LogP contribution in [0.25, 0.3) is 0 Å². The lowest BCUT2D eigenvalue weighted by Gasteiger charge is -2.15. The van der Waals surface area contributed by atoms with Crippen LogP contribution in [-0.2, 0) is 28.5 Å². The van der Waals surface area contributed by atoms with Crippen LogP contribution in [0.2, 0.25) is 0 Å². The van der Waals surface area contributed by atoms with Crippen molar-refractivity contribution in [2.45, 2.75) is 38.5 Å². The Bertz CT molecular complexity index is 558. The van der Waals surface area contributed by atoms with Gasteiger partial charge in [-0.15, -0.1) is 0 Å². The van der Waals surface area contributed by atoms with Gasteiger partial charge in [0.15, 0.2) is 0 Å². The summed E-state index contributed by atoms with van der Waals surface area (Å²) in [6, 6.07) is 0. The maximum atomic E-state index is 11.5. The molecule has 0 saturated carbocycles. The molecule has 0 N–H and O–H groups in total. The quantitative estimate of drug-likeness (QED) is 0.587. The number of carbonyl (C=O) groups excluding carboxylic acids is 2. The first-order chi connectivity index (χ1) is 10.7. The molecule has 6 nitrogen and oxygen atoms in total. The lowest BCUT2D eigenvalue weighted by Crippen LogP contribution is -2.10. The van der Waals surface area contributed by atoms with Gasteiger partial charge in [-0.1, -0.05) is 0 Å². The van der Waals surface area contributed by atoms with Crippen molar-refractivity contribution < 1.29 is 28.5 Å². The zero-order chi connectivity index (χ0) is 15.4. The van der Waals surface area contributed by atoms with E-state index in [4.69, 9.17) is 18.9 Å². The minimum absolute atomic E-state index is 0.105. The van der Waals surface area contributed by atoms with Crippen molar-refractivity contribution >= 4 is 11.9 Å². The largest absolute Gasteiger partial charge is 0.426 e. The van der Waals surface area contributed by atoms with Crippen LogP contribution >= 0.6 is 0 Å². The molecule has 0 bridgehead atoms. The molecule has 0 aromatic rings. The van der Waals surface area contributed by atoms with Crippen molar-refractivity contribution in [3.63, 3.8) is 0 Å². The van der Waals surface area contributed by atoms with Gasteiger partial charge < -0.3 is 18.9 Å². The average Bonchev–Trinajstić information content (AvgIpc) is 3.15. The lowest BCUT2D eigenvalue weighted by atomic mass is 10.3. The van der Waals surface area contributed by atoms with Gasteiger partial charge >= 0.3 is 23.8 Å². The molecule has 0 fully saturated rings. The van der Waals surface area contributed by atoms with Gasteiger partial charge in [0.25, 0.3) is 0 Å². The molecule has 1 heterocycles. The Morgan fingerprint density at radius 1 is 0.864 bits per heavy atom. The van der Waals surface area contributed by atoms with Crippen molar-refractivity contribution in [2.24, 2.45) is 0 Å². The molecule has 0 amide bonds. The van der Waals surface area contributed by atoms with Crippen LogP contribution in [0.1, 0.15) is 38.5 Å². The molecule has 116 valence electrons. The summed E-state index contributed by atoms with van der Waals surface area (Å²) in [5.41, 5.74) is 0. The molecular weight excluding hydrogens is 288 g/mol. The Kier molecular flexibility index (Phi) is 4.27. The number of hydrogen-bond donors (Lipinski definition) is 0. The van der Waals surface area contributed by atoms with Gasteiger partial charge in [0.05, 0.1) is 0 Å². The van der Waals surface area contributed by atoms with Gasteiger partial charge in [0.1, 0.15) is 11.5 Å². The number of cyclic esters (lactones) is 2. The Hall–Kier alpha value is -2.50. The predicted octanol–water partition coefficient (Wildman–Crippen LogP) is 2.94. The van der Waals surface area contributed by atoms with Gasteiger partial charge in [-0.3, -0.25) is 0 Å². The second kappa shape index (κ2) is 6.51. The first-order valence-corrected chi connectivity index (χ1v) is 7.30. The molecule has 0 radical (unpaired) electrons. The minimum Gasteiger partial charge on any atom is -0.426 e. The van der Waals surface area contributed by atoms with Gasteiger partial charge in [-0.25, -0.2) is 9.59 Å². The number of esters is 2. The third-order valence-electron chi connectivity index (χ3n) is 3.35. The van der Waals surface area contributed by atoms with Crippen LogP contribution in [0.15, 0.2) is 47.7 Å². The van der Waals surface area contributed by atoms with E-state index in [9.17, 15) is 9.59 Å². The molecule has 0 aromatic carbocycles. The van der Waals surface area contributed by atoms with Crippen LogP contribution in [0, 0.1) is 0 Å². The Morgan fingerprint density at radius 3 is 1.77 bits per heavy atom. The summed E-state index contributed by atoms with van der Waals surface area (Å²) in [4.78, 5) is 23.0. The number of rotatable bonds is 4. The number of hydrogen-bond acceptors (Lipinski definition) is 6. The first kappa shape index (κ1) is 14.4. The lowest BCUT2D eigenvalue weighted by molar-refractivity contribution is -0.148. The molecule has 0 aromatic heterocycles. The second-order valence-electron chi connectivity index (χ2n) is 5.08. The Morgan fingerprint density at radius 2 is 1.36 bits per heavy atom. The molecule has 0 unspecified atom stereocenters. The van der Waals surface area contributed by atoms with E-state index in [1.807, 2.05) is 12.2 Å². The first-order valence-electron chi connectivity index (χ1n) is 7.30. The van der Waals surface area contributed by atoms with Crippen LogP contribution in [0.3, 0.4) is 0 Å². The van der Waals surface area contributed by atoms with Crippen LogP contribution < -0.4 is 0 Å². The van der Waals surface area contributed by atoms with Crippen molar-refractivity contribution in [1.29, 1.82) is 0 Å².